The number of esters is 1. The summed E-state index contributed by atoms with van der Waals surface area (Å²) in [5.41, 5.74) is -0.648. The van der Waals surface area contributed by atoms with Gasteiger partial charge in [0, 0.05) is 22.0 Å². The first-order chi connectivity index (χ1) is 13.8. The highest BCUT2D eigenvalue weighted by Gasteiger charge is 2.15. The van der Waals surface area contributed by atoms with Crippen LogP contribution in [0.5, 0.6) is 11.5 Å². The molecule has 0 aliphatic carbocycles. The van der Waals surface area contributed by atoms with Gasteiger partial charge in [-0.25, -0.2) is 9.59 Å². The van der Waals surface area contributed by atoms with Gasteiger partial charge in [0.15, 0.2) is 6.61 Å². The monoisotopic (exact) mass is 459 g/mol. The van der Waals surface area contributed by atoms with Crippen molar-refractivity contribution in [3.63, 3.8) is 0 Å². The average molecular weight is 460 g/mol. The van der Waals surface area contributed by atoms with E-state index in [4.69, 9.17) is 13.9 Å². The van der Waals surface area contributed by atoms with Gasteiger partial charge < -0.3 is 19.2 Å². The summed E-state index contributed by atoms with van der Waals surface area (Å²) in [5, 5.41) is 3.18. The van der Waals surface area contributed by atoms with Gasteiger partial charge in [0.1, 0.15) is 22.6 Å². The SMILES string of the molecule is CC(C)NC(=O)c1cc2ccc(OC(=O)COc3cccc(Br)c3)cc2oc1=O. The first-order valence-corrected chi connectivity index (χ1v) is 9.59. The molecule has 0 aliphatic rings. The van der Waals surface area contributed by atoms with E-state index in [1.807, 2.05) is 6.07 Å². The number of hydrogen-bond donors (Lipinski definition) is 1. The third kappa shape index (κ3) is 5.45. The van der Waals surface area contributed by atoms with Crippen molar-refractivity contribution in [2.75, 3.05) is 6.61 Å². The normalized spacial score (nSPS) is 10.8. The van der Waals surface area contributed by atoms with Crippen LogP contribution < -0.4 is 20.4 Å². The maximum absolute atomic E-state index is 12.1. The summed E-state index contributed by atoms with van der Waals surface area (Å²) in [6.07, 6.45) is 0. The summed E-state index contributed by atoms with van der Waals surface area (Å²) in [6, 6.07) is 13.0. The van der Waals surface area contributed by atoms with Crippen molar-refractivity contribution in [1.82, 2.24) is 5.32 Å². The van der Waals surface area contributed by atoms with Gasteiger partial charge in [0.2, 0.25) is 0 Å². The summed E-state index contributed by atoms with van der Waals surface area (Å²) >= 11 is 3.32. The van der Waals surface area contributed by atoms with Crippen LogP contribution in [0.3, 0.4) is 0 Å². The van der Waals surface area contributed by atoms with Gasteiger partial charge >= 0.3 is 11.6 Å². The van der Waals surface area contributed by atoms with Crippen LogP contribution in [0, 0.1) is 0 Å². The van der Waals surface area contributed by atoms with Crippen LogP contribution in [0.1, 0.15) is 24.2 Å². The topological polar surface area (TPSA) is 94.8 Å². The van der Waals surface area contributed by atoms with Crippen molar-refractivity contribution in [1.29, 1.82) is 0 Å². The molecule has 1 heterocycles. The first kappa shape index (κ1) is 20.6. The van der Waals surface area contributed by atoms with Gasteiger partial charge in [-0.2, -0.15) is 0 Å². The molecule has 0 saturated carbocycles. The molecule has 1 amide bonds. The molecule has 0 bridgehead atoms. The van der Waals surface area contributed by atoms with Crippen LogP contribution in [0.4, 0.5) is 0 Å². The van der Waals surface area contributed by atoms with E-state index in [1.54, 1.807) is 44.2 Å². The lowest BCUT2D eigenvalue weighted by Crippen LogP contribution is -2.33. The molecule has 3 rings (SSSR count). The Bertz CT molecular complexity index is 1120. The van der Waals surface area contributed by atoms with Crippen molar-refractivity contribution < 1.29 is 23.5 Å². The Morgan fingerprint density at radius 3 is 2.62 bits per heavy atom. The maximum atomic E-state index is 12.1. The minimum atomic E-state index is -0.767. The third-order valence-corrected chi connectivity index (χ3v) is 4.25. The summed E-state index contributed by atoms with van der Waals surface area (Å²) in [7, 11) is 0. The smallest absolute Gasteiger partial charge is 0.349 e. The molecule has 0 spiro atoms. The van der Waals surface area contributed by atoms with E-state index in [0.717, 1.165) is 4.47 Å². The molecule has 0 aliphatic heterocycles. The maximum Gasteiger partial charge on any atom is 0.349 e. The highest BCUT2D eigenvalue weighted by Crippen LogP contribution is 2.21. The van der Waals surface area contributed by atoms with E-state index in [2.05, 4.69) is 21.2 Å². The zero-order valence-corrected chi connectivity index (χ0v) is 17.3. The van der Waals surface area contributed by atoms with Crippen LogP contribution in [-0.2, 0) is 4.79 Å². The Morgan fingerprint density at radius 1 is 1.10 bits per heavy atom. The third-order valence-electron chi connectivity index (χ3n) is 3.76. The van der Waals surface area contributed by atoms with Crippen LogP contribution in [0.15, 0.2) is 62.2 Å². The molecule has 2 aromatic carbocycles. The lowest BCUT2D eigenvalue weighted by Gasteiger charge is -2.09. The number of amides is 1. The fourth-order valence-electron chi connectivity index (χ4n) is 2.51. The molecule has 0 radical (unpaired) electrons. The average Bonchev–Trinajstić information content (AvgIpc) is 2.65. The molecule has 0 saturated heterocycles. The van der Waals surface area contributed by atoms with E-state index in [1.165, 1.54) is 12.1 Å². The lowest BCUT2D eigenvalue weighted by atomic mass is 10.1. The first-order valence-electron chi connectivity index (χ1n) is 8.79. The molecule has 8 heteroatoms. The molecule has 1 aromatic heterocycles. The summed E-state index contributed by atoms with van der Waals surface area (Å²) < 4.78 is 16.7. The molecular weight excluding hydrogens is 442 g/mol. The summed E-state index contributed by atoms with van der Waals surface area (Å²) in [4.78, 5) is 36.2. The Labute approximate surface area is 174 Å². The number of fused-ring (bicyclic) bond motifs is 1. The van der Waals surface area contributed by atoms with Crippen molar-refractivity contribution in [3.05, 3.63) is 69.0 Å². The van der Waals surface area contributed by atoms with Crippen LogP contribution in [-0.4, -0.2) is 24.5 Å². The van der Waals surface area contributed by atoms with Crippen molar-refractivity contribution >= 4 is 38.8 Å². The largest absolute Gasteiger partial charge is 0.482 e. The second-order valence-corrected chi connectivity index (χ2v) is 7.41. The summed E-state index contributed by atoms with van der Waals surface area (Å²) in [6.45, 7) is 3.30. The highest BCUT2D eigenvalue weighted by molar-refractivity contribution is 9.10. The zero-order chi connectivity index (χ0) is 21.0. The van der Waals surface area contributed by atoms with E-state index in [9.17, 15) is 14.4 Å². The van der Waals surface area contributed by atoms with Crippen molar-refractivity contribution in [3.8, 4) is 11.5 Å². The number of hydrogen-bond acceptors (Lipinski definition) is 6. The number of rotatable bonds is 6. The van der Waals surface area contributed by atoms with Gasteiger partial charge in [-0.3, -0.25) is 4.79 Å². The van der Waals surface area contributed by atoms with Crippen LogP contribution >= 0.6 is 15.9 Å². The number of halogens is 1. The fraction of sp³-hybridized carbons (Fsp3) is 0.190. The summed E-state index contributed by atoms with van der Waals surface area (Å²) in [5.74, 6) is -0.397. The predicted octanol–water partition coefficient (Wildman–Crippen LogP) is 3.68. The Kier molecular flexibility index (Phi) is 6.33. The number of benzene rings is 2. The number of ether oxygens (including phenoxy) is 2. The molecule has 0 unspecified atom stereocenters. The van der Waals surface area contributed by atoms with Crippen LogP contribution in [0.25, 0.3) is 11.0 Å². The van der Waals surface area contributed by atoms with E-state index in [-0.39, 0.29) is 29.5 Å². The van der Waals surface area contributed by atoms with Crippen molar-refractivity contribution in [2.45, 2.75) is 19.9 Å². The van der Waals surface area contributed by atoms with Gasteiger partial charge in [-0.1, -0.05) is 22.0 Å². The van der Waals surface area contributed by atoms with Gasteiger partial charge in [0.05, 0.1) is 0 Å². The Morgan fingerprint density at radius 2 is 1.90 bits per heavy atom. The van der Waals surface area contributed by atoms with Crippen LogP contribution in [0.2, 0.25) is 0 Å². The predicted molar refractivity (Wildman–Crippen MR) is 110 cm³/mol. The Hall–Kier alpha value is -3.13. The molecule has 3 aromatic rings. The lowest BCUT2D eigenvalue weighted by molar-refractivity contribution is -0.136. The standard InChI is InChI=1S/C21H18BrNO6/c1-12(2)23-20(25)17-8-13-6-7-16(10-18(13)29-21(17)26)28-19(24)11-27-15-5-3-4-14(22)9-15/h3-10,12H,11H2,1-2H3,(H,23,25). The highest BCUT2D eigenvalue weighted by atomic mass is 79.9. The van der Waals surface area contributed by atoms with Crippen molar-refractivity contribution in [2.24, 2.45) is 0 Å². The van der Waals surface area contributed by atoms with E-state index in [0.29, 0.717) is 11.1 Å². The van der Waals surface area contributed by atoms with Gasteiger partial charge in [-0.15, -0.1) is 0 Å². The fourth-order valence-corrected chi connectivity index (χ4v) is 2.89. The van der Waals surface area contributed by atoms with E-state index < -0.39 is 17.5 Å². The molecule has 1 N–H and O–H groups in total. The van der Waals surface area contributed by atoms with Gasteiger partial charge in [-0.05, 0) is 50.2 Å². The molecule has 29 heavy (non-hydrogen) atoms. The van der Waals surface area contributed by atoms with E-state index >= 15 is 0 Å². The molecular formula is C21H18BrNO6. The minimum absolute atomic E-state index is 0.0848. The zero-order valence-electron chi connectivity index (χ0n) is 15.7. The minimum Gasteiger partial charge on any atom is -0.482 e. The molecule has 0 atom stereocenters. The van der Waals surface area contributed by atoms with Gasteiger partial charge in [0.25, 0.3) is 5.91 Å². The number of carbonyl (C=O) groups excluding carboxylic acids is 2. The number of carbonyl (C=O) groups is 2. The molecule has 7 nitrogen and oxygen atoms in total. The quantitative estimate of drug-likeness (QED) is 0.343. The Balaban J connectivity index is 1.71. The molecule has 0 fully saturated rings. The second kappa shape index (κ2) is 8.91. The number of nitrogens with one attached hydrogen (secondary N) is 1. The molecule has 150 valence electrons. The second-order valence-electron chi connectivity index (χ2n) is 6.50.